The van der Waals surface area contributed by atoms with E-state index < -0.39 is 0 Å². The topological polar surface area (TPSA) is 44.3 Å². The third-order valence-electron chi connectivity index (χ3n) is 3.69. The highest BCUT2D eigenvalue weighted by Crippen LogP contribution is 2.13. The molecule has 1 atom stereocenters. The predicted octanol–water partition coefficient (Wildman–Crippen LogP) is 1.12. The fraction of sp³-hybridized carbons (Fsp3) is 0.714. The summed E-state index contributed by atoms with van der Waals surface area (Å²) in [7, 11) is 2.17. The van der Waals surface area contributed by atoms with Crippen molar-refractivity contribution in [3.05, 3.63) is 18.0 Å². The molecular formula is C14H25N5. The van der Waals surface area contributed by atoms with E-state index in [0.29, 0.717) is 6.04 Å². The fourth-order valence-corrected chi connectivity index (χ4v) is 2.24. The number of nitrogens with zero attached hydrogens (tertiary/aromatic N) is 4. The number of likely N-dealkylation sites (N-methyl/N-ethyl adjacent to an activating group) is 1. The van der Waals surface area contributed by atoms with Gasteiger partial charge in [-0.1, -0.05) is 6.92 Å². The molecule has 0 bridgehead atoms. The highest BCUT2D eigenvalue weighted by molar-refractivity contribution is 5.31. The molecule has 0 aromatic carbocycles. The Bertz CT molecular complexity index is 378. The van der Waals surface area contributed by atoms with Crippen LogP contribution in [0.5, 0.6) is 0 Å². The summed E-state index contributed by atoms with van der Waals surface area (Å²) in [5, 5.41) is 3.36. The molecule has 19 heavy (non-hydrogen) atoms. The predicted molar refractivity (Wildman–Crippen MR) is 78.3 cm³/mol. The number of hydrogen-bond donors (Lipinski definition) is 1. The third-order valence-corrected chi connectivity index (χ3v) is 3.69. The van der Waals surface area contributed by atoms with Crippen molar-refractivity contribution in [2.45, 2.75) is 32.9 Å². The lowest BCUT2D eigenvalue weighted by atomic mass is 10.2. The van der Waals surface area contributed by atoms with Crippen LogP contribution in [0.3, 0.4) is 0 Å². The van der Waals surface area contributed by atoms with Gasteiger partial charge < -0.3 is 15.1 Å². The Labute approximate surface area is 116 Å². The van der Waals surface area contributed by atoms with E-state index in [1.807, 2.05) is 12.4 Å². The first-order chi connectivity index (χ1) is 9.20. The molecule has 2 rings (SSSR count). The zero-order chi connectivity index (χ0) is 13.7. The van der Waals surface area contributed by atoms with Crippen molar-refractivity contribution in [2.24, 2.45) is 0 Å². The standard InChI is InChI=1S/C14H25N5/c1-4-5-15-8-13-9-16-14(17-10-13)19-7-6-18(3)12(2)11-19/h9-10,12,15H,4-8,11H2,1-3H3. The molecule has 1 fully saturated rings. The van der Waals surface area contributed by atoms with Gasteiger partial charge in [0, 0.05) is 50.2 Å². The quantitative estimate of drug-likeness (QED) is 0.807. The van der Waals surface area contributed by atoms with Crippen LogP contribution < -0.4 is 10.2 Å². The van der Waals surface area contributed by atoms with Crippen molar-refractivity contribution >= 4 is 5.95 Å². The molecule has 5 nitrogen and oxygen atoms in total. The molecule has 1 saturated heterocycles. The molecular weight excluding hydrogens is 238 g/mol. The van der Waals surface area contributed by atoms with Crippen LogP contribution in [0.15, 0.2) is 12.4 Å². The lowest BCUT2D eigenvalue weighted by molar-refractivity contribution is 0.233. The molecule has 0 saturated carbocycles. The van der Waals surface area contributed by atoms with E-state index in [4.69, 9.17) is 0 Å². The summed E-state index contributed by atoms with van der Waals surface area (Å²) in [5.74, 6) is 0.860. The van der Waals surface area contributed by atoms with Crippen LogP contribution in [-0.2, 0) is 6.54 Å². The summed E-state index contributed by atoms with van der Waals surface area (Å²) in [6, 6.07) is 0.559. The number of hydrogen-bond acceptors (Lipinski definition) is 5. The minimum atomic E-state index is 0.559. The van der Waals surface area contributed by atoms with Gasteiger partial charge in [-0.15, -0.1) is 0 Å². The molecule has 5 heteroatoms. The molecule has 0 amide bonds. The van der Waals surface area contributed by atoms with Gasteiger partial charge in [-0.25, -0.2) is 9.97 Å². The first-order valence-corrected chi connectivity index (χ1v) is 7.17. The third kappa shape index (κ3) is 3.88. The van der Waals surface area contributed by atoms with Crippen LogP contribution in [0.1, 0.15) is 25.8 Å². The summed E-state index contributed by atoms with van der Waals surface area (Å²) >= 11 is 0. The van der Waals surface area contributed by atoms with Gasteiger partial charge in [-0.2, -0.15) is 0 Å². The van der Waals surface area contributed by atoms with E-state index in [-0.39, 0.29) is 0 Å². The zero-order valence-electron chi connectivity index (χ0n) is 12.3. The molecule has 1 aromatic rings. The van der Waals surface area contributed by atoms with Gasteiger partial charge in [0.05, 0.1) is 0 Å². The van der Waals surface area contributed by atoms with Gasteiger partial charge in [0.2, 0.25) is 5.95 Å². The SMILES string of the molecule is CCCNCc1cnc(N2CCN(C)C(C)C2)nc1. The summed E-state index contributed by atoms with van der Waals surface area (Å²) in [6.45, 7) is 9.39. The lowest BCUT2D eigenvalue weighted by Crippen LogP contribution is -2.50. The molecule has 2 heterocycles. The van der Waals surface area contributed by atoms with E-state index in [9.17, 15) is 0 Å². The van der Waals surface area contributed by atoms with E-state index in [2.05, 4.69) is 46.0 Å². The van der Waals surface area contributed by atoms with E-state index in [1.54, 1.807) is 0 Å². The number of piperazine rings is 1. The molecule has 1 aliphatic rings. The Balaban J connectivity index is 1.91. The van der Waals surface area contributed by atoms with Gasteiger partial charge in [-0.05, 0) is 26.9 Å². The highest BCUT2D eigenvalue weighted by Gasteiger charge is 2.22. The van der Waals surface area contributed by atoms with Crippen LogP contribution in [0.2, 0.25) is 0 Å². The monoisotopic (exact) mass is 263 g/mol. The van der Waals surface area contributed by atoms with E-state index >= 15 is 0 Å². The van der Waals surface area contributed by atoms with Crippen LogP contribution in [0.25, 0.3) is 0 Å². The molecule has 1 aromatic heterocycles. The van der Waals surface area contributed by atoms with Crippen LogP contribution in [0.4, 0.5) is 5.95 Å². The Morgan fingerprint density at radius 2 is 2.05 bits per heavy atom. The Hall–Kier alpha value is -1.20. The zero-order valence-corrected chi connectivity index (χ0v) is 12.3. The van der Waals surface area contributed by atoms with Gasteiger partial charge >= 0.3 is 0 Å². The second kappa shape index (κ2) is 6.82. The molecule has 1 N–H and O–H groups in total. The summed E-state index contributed by atoms with van der Waals surface area (Å²) in [6.07, 6.45) is 5.03. The summed E-state index contributed by atoms with van der Waals surface area (Å²) in [5.41, 5.74) is 1.15. The fourth-order valence-electron chi connectivity index (χ4n) is 2.24. The number of nitrogens with one attached hydrogen (secondary N) is 1. The normalized spacial score (nSPS) is 20.8. The summed E-state index contributed by atoms with van der Waals surface area (Å²) < 4.78 is 0. The van der Waals surface area contributed by atoms with Crippen LogP contribution >= 0.6 is 0 Å². The minimum absolute atomic E-state index is 0.559. The Morgan fingerprint density at radius 1 is 1.32 bits per heavy atom. The molecule has 1 unspecified atom stereocenters. The Morgan fingerprint density at radius 3 is 2.68 bits per heavy atom. The smallest absolute Gasteiger partial charge is 0.225 e. The number of rotatable bonds is 5. The minimum Gasteiger partial charge on any atom is -0.338 e. The van der Waals surface area contributed by atoms with Gasteiger partial charge in [0.1, 0.15) is 0 Å². The summed E-state index contributed by atoms with van der Waals surface area (Å²) in [4.78, 5) is 13.6. The maximum atomic E-state index is 4.50. The molecule has 0 spiro atoms. The maximum Gasteiger partial charge on any atom is 0.225 e. The molecule has 106 valence electrons. The first kappa shape index (κ1) is 14.2. The number of aromatic nitrogens is 2. The molecule has 1 aliphatic heterocycles. The van der Waals surface area contributed by atoms with Crippen LogP contribution in [0, 0.1) is 0 Å². The van der Waals surface area contributed by atoms with Gasteiger partial charge in [-0.3, -0.25) is 0 Å². The van der Waals surface area contributed by atoms with Crippen molar-refractivity contribution in [3.63, 3.8) is 0 Å². The number of anilines is 1. The largest absolute Gasteiger partial charge is 0.338 e. The first-order valence-electron chi connectivity index (χ1n) is 7.17. The second-order valence-electron chi connectivity index (χ2n) is 5.34. The van der Waals surface area contributed by atoms with Crippen molar-refractivity contribution < 1.29 is 0 Å². The van der Waals surface area contributed by atoms with Crippen molar-refractivity contribution in [2.75, 3.05) is 38.1 Å². The van der Waals surface area contributed by atoms with Crippen molar-refractivity contribution in [1.29, 1.82) is 0 Å². The van der Waals surface area contributed by atoms with Crippen LogP contribution in [-0.4, -0.2) is 54.1 Å². The maximum absolute atomic E-state index is 4.50. The average Bonchev–Trinajstić information content (AvgIpc) is 2.43. The second-order valence-corrected chi connectivity index (χ2v) is 5.34. The molecule has 0 aliphatic carbocycles. The average molecular weight is 263 g/mol. The lowest BCUT2D eigenvalue weighted by Gasteiger charge is -2.37. The van der Waals surface area contributed by atoms with Gasteiger partial charge in [0.15, 0.2) is 0 Å². The van der Waals surface area contributed by atoms with Crippen molar-refractivity contribution in [3.8, 4) is 0 Å². The van der Waals surface area contributed by atoms with E-state index in [1.165, 1.54) is 0 Å². The van der Waals surface area contributed by atoms with Crippen molar-refractivity contribution in [1.82, 2.24) is 20.2 Å². The molecule has 0 radical (unpaired) electrons. The highest BCUT2D eigenvalue weighted by atomic mass is 15.3. The van der Waals surface area contributed by atoms with E-state index in [0.717, 1.165) is 50.7 Å². The van der Waals surface area contributed by atoms with Gasteiger partial charge in [0.25, 0.3) is 0 Å². The Kier molecular flexibility index (Phi) is 5.10.